The second-order valence-corrected chi connectivity index (χ2v) is 6.11. The first kappa shape index (κ1) is 16.5. The number of hydrogen-bond donors (Lipinski definition) is 1. The van der Waals surface area contributed by atoms with Crippen LogP contribution in [0.5, 0.6) is 0 Å². The van der Waals surface area contributed by atoms with Crippen molar-refractivity contribution in [2.45, 2.75) is 84.2 Å². The molecule has 0 bridgehead atoms. The lowest BCUT2D eigenvalue weighted by Gasteiger charge is -2.25. The van der Waals surface area contributed by atoms with Crippen molar-refractivity contribution in [2.75, 3.05) is 13.1 Å². The van der Waals surface area contributed by atoms with Crippen LogP contribution in [0.2, 0.25) is 0 Å². The van der Waals surface area contributed by atoms with Crippen molar-refractivity contribution in [2.24, 2.45) is 0 Å². The predicted molar refractivity (Wildman–Crippen MR) is 81.2 cm³/mol. The molecule has 1 fully saturated rings. The van der Waals surface area contributed by atoms with Crippen molar-refractivity contribution in [3.8, 4) is 0 Å². The summed E-state index contributed by atoms with van der Waals surface area (Å²) in [5.41, 5.74) is 0. The number of rotatable bonds is 10. The molecule has 2 unspecified atom stereocenters. The summed E-state index contributed by atoms with van der Waals surface area (Å²) in [6.45, 7) is 8.54. The van der Waals surface area contributed by atoms with Gasteiger partial charge in [0.05, 0.1) is 0 Å². The molecule has 112 valence electrons. The monoisotopic (exact) mass is 268 g/mol. The molecular formula is C16H32N2O. The van der Waals surface area contributed by atoms with Gasteiger partial charge in [0.1, 0.15) is 0 Å². The standard InChI is InChI=1S/C16H32N2O/c1-4-5-6-7-8-10-14(2)17-15(3)13-18-12-9-11-16(18)19/h14-15,17H,4-13H2,1-3H3. The average Bonchev–Trinajstić information content (AvgIpc) is 2.74. The van der Waals surface area contributed by atoms with E-state index in [4.69, 9.17) is 0 Å². The molecule has 0 aliphatic carbocycles. The van der Waals surface area contributed by atoms with Gasteiger partial charge in [0.25, 0.3) is 0 Å². The van der Waals surface area contributed by atoms with Crippen LogP contribution in [0.4, 0.5) is 0 Å². The second-order valence-electron chi connectivity index (χ2n) is 6.11. The molecule has 3 nitrogen and oxygen atoms in total. The van der Waals surface area contributed by atoms with Crippen LogP contribution in [-0.4, -0.2) is 36.0 Å². The number of nitrogens with zero attached hydrogens (tertiary/aromatic N) is 1. The number of likely N-dealkylation sites (tertiary alicyclic amines) is 1. The lowest BCUT2D eigenvalue weighted by molar-refractivity contribution is -0.127. The molecule has 0 aromatic heterocycles. The molecule has 1 aliphatic heterocycles. The van der Waals surface area contributed by atoms with E-state index in [1.165, 1.54) is 38.5 Å². The van der Waals surface area contributed by atoms with Crippen LogP contribution in [0, 0.1) is 0 Å². The third-order valence-corrected chi connectivity index (χ3v) is 3.98. The van der Waals surface area contributed by atoms with E-state index in [1.807, 2.05) is 4.90 Å². The number of nitrogens with one attached hydrogen (secondary N) is 1. The molecule has 0 aromatic rings. The molecule has 1 amide bonds. The summed E-state index contributed by atoms with van der Waals surface area (Å²) in [4.78, 5) is 13.6. The molecule has 1 N–H and O–H groups in total. The molecule has 19 heavy (non-hydrogen) atoms. The number of carbonyl (C=O) groups excluding carboxylic acids is 1. The molecule has 2 atom stereocenters. The van der Waals surface area contributed by atoms with E-state index in [9.17, 15) is 4.79 Å². The molecule has 1 rings (SSSR count). The lowest BCUT2D eigenvalue weighted by atomic mass is 10.1. The Hall–Kier alpha value is -0.570. The molecule has 0 aromatic carbocycles. The van der Waals surface area contributed by atoms with Crippen LogP contribution in [0.3, 0.4) is 0 Å². The maximum Gasteiger partial charge on any atom is 0.222 e. The van der Waals surface area contributed by atoms with Gasteiger partial charge in [0, 0.05) is 31.6 Å². The van der Waals surface area contributed by atoms with E-state index >= 15 is 0 Å². The fourth-order valence-electron chi connectivity index (χ4n) is 2.90. The summed E-state index contributed by atoms with van der Waals surface area (Å²) in [7, 11) is 0. The topological polar surface area (TPSA) is 32.3 Å². The Labute approximate surface area is 119 Å². The second kappa shape index (κ2) is 9.35. The minimum Gasteiger partial charge on any atom is -0.341 e. The van der Waals surface area contributed by atoms with Crippen LogP contribution in [0.25, 0.3) is 0 Å². The molecule has 1 saturated heterocycles. The summed E-state index contributed by atoms with van der Waals surface area (Å²) in [5.74, 6) is 0.334. The smallest absolute Gasteiger partial charge is 0.222 e. The zero-order valence-corrected chi connectivity index (χ0v) is 13.1. The van der Waals surface area contributed by atoms with Gasteiger partial charge in [-0.3, -0.25) is 4.79 Å². The van der Waals surface area contributed by atoms with Crippen molar-refractivity contribution in [1.29, 1.82) is 0 Å². The quantitative estimate of drug-likeness (QED) is 0.616. The minimum atomic E-state index is 0.334. The Morgan fingerprint density at radius 2 is 1.89 bits per heavy atom. The van der Waals surface area contributed by atoms with Gasteiger partial charge < -0.3 is 10.2 Å². The van der Waals surface area contributed by atoms with Crippen LogP contribution in [0.1, 0.15) is 72.1 Å². The third-order valence-electron chi connectivity index (χ3n) is 3.98. The highest BCUT2D eigenvalue weighted by Gasteiger charge is 2.21. The SMILES string of the molecule is CCCCCCCC(C)NC(C)CN1CCCC1=O. The fourth-order valence-corrected chi connectivity index (χ4v) is 2.90. The molecule has 3 heteroatoms. The predicted octanol–water partition coefficient (Wildman–Crippen LogP) is 3.34. The number of hydrogen-bond acceptors (Lipinski definition) is 2. The van der Waals surface area contributed by atoms with Crippen LogP contribution in [0.15, 0.2) is 0 Å². The molecule has 0 spiro atoms. The first-order valence-corrected chi connectivity index (χ1v) is 8.17. The van der Waals surface area contributed by atoms with Crippen molar-refractivity contribution >= 4 is 5.91 Å². The van der Waals surface area contributed by atoms with Gasteiger partial charge in [-0.25, -0.2) is 0 Å². The summed E-state index contributed by atoms with van der Waals surface area (Å²) >= 11 is 0. The van der Waals surface area contributed by atoms with E-state index in [-0.39, 0.29) is 0 Å². The highest BCUT2D eigenvalue weighted by molar-refractivity contribution is 5.78. The Morgan fingerprint density at radius 1 is 1.16 bits per heavy atom. The van der Waals surface area contributed by atoms with Gasteiger partial charge in [0.15, 0.2) is 0 Å². The number of amides is 1. The Kier molecular flexibility index (Phi) is 8.11. The Bertz CT molecular complexity index is 255. The minimum absolute atomic E-state index is 0.334. The van der Waals surface area contributed by atoms with Gasteiger partial charge in [-0.15, -0.1) is 0 Å². The van der Waals surface area contributed by atoms with Crippen molar-refractivity contribution in [3.63, 3.8) is 0 Å². The van der Waals surface area contributed by atoms with Crippen LogP contribution in [-0.2, 0) is 4.79 Å². The van der Waals surface area contributed by atoms with E-state index in [2.05, 4.69) is 26.1 Å². The number of carbonyl (C=O) groups is 1. The summed E-state index contributed by atoms with van der Waals surface area (Å²) in [6.07, 6.45) is 9.79. The van der Waals surface area contributed by atoms with Gasteiger partial charge in [-0.05, 0) is 26.7 Å². The Balaban J connectivity index is 2.06. The number of unbranched alkanes of at least 4 members (excludes halogenated alkanes) is 4. The molecule has 1 aliphatic rings. The normalized spacial score (nSPS) is 18.9. The zero-order chi connectivity index (χ0) is 14.1. The average molecular weight is 268 g/mol. The van der Waals surface area contributed by atoms with Gasteiger partial charge in [-0.2, -0.15) is 0 Å². The zero-order valence-electron chi connectivity index (χ0n) is 13.1. The van der Waals surface area contributed by atoms with E-state index in [1.54, 1.807) is 0 Å². The van der Waals surface area contributed by atoms with E-state index in [0.29, 0.717) is 18.0 Å². The van der Waals surface area contributed by atoms with Crippen molar-refractivity contribution < 1.29 is 4.79 Å². The summed E-state index contributed by atoms with van der Waals surface area (Å²) < 4.78 is 0. The summed E-state index contributed by atoms with van der Waals surface area (Å²) in [6, 6.07) is 0.974. The molecule has 0 saturated carbocycles. The van der Waals surface area contributed by atoms with Gasteiger partial charge >= 0.3 is 0 Å². The maximum absolute atomic E-state index is 11.6. The first-order valence-electron chi connectivity index (χ1n) is 8.17. The lowest BCUT2D eigenvalue weighted by Crippen LogP contribution is -2.43. The Morgan fingerprint density at radius 3 is 2.53 bits per heavy atom. The largest absolute Gasteiger partial charge is 0.341 e. The molecule has 0 radical (unpaired) electrons. The van der Waals surface area contributed by atoms with Gasteiger partial charge in [-0.1, -0.05) is 39.0 Å². The fraction of sp³-hybridized carbons (Fsp3) is 0.938. The van der Waals surface area contributed by atoms with Crippen LogP contribution >= 0.6 is 0 Å². The van der Waals surface area contributed by atoms with Gasteiger partial charge in [0.2, 0.25) is 5.91 Å². The highest BCUT2D eigenvalue weighted by Crippen LogP contribution is 2.11. The van der Waals surface area contributed by atoms with E-state index in [0.717, 1.165) is 25.9 Å². The first-order chi connectivity index (χ1) is 9.13. The highest BCUT2D eigenvalue weighted by atomic mass is 16.2. The third kappa shape index (κ3) is 6.95. The van der Waals surface area contributed by atoms with Crippen molar-refractivity contribution in [3.05, 3.63) is 0 Å². The van der Waals surface area contributed by atoms with Crippen LogP contribution < -0.4 is 5.32 Å². The van der Waals surface area contributed by atoms with Crippen molar-refractivity contribution in [1.82, 2.24) is 10.2 Å². The molecule has 1 heterocycles. The molecular weight excluding hydrogens is 236 g/mol. The van der Waals surface area contributed by atoms with E-state index < -0.39 is 0 Å². The maximum atomic E-state index is 11.6. The summed E-state index contributed by atoms with van der Waals surface area (Å²) in [5, 5.41) is 3.62.